The molecule has 0 aromatic heterocycles. The maximum absolute atomic E-state index is 11.8. The van der Waals surface area contributed by atoms with Gasteiger partial charge in [-0.2, -0.15) is 0 Å². The summed E-state index contributed by atoms with van der Waals surface area (Å²) in [5.74, 6) is -0.571. The maximum atomic E-state index is 11.8. The van der Waals surface area contributed by atoms with E-state index in [1.54, 1.807) is 0 Å². The molecule has 4 nitrogen and oxygen atoms in total. The molecule has 0 aliphatic carbocycles. The summed E-state index contributed by atoms with van der Waals surface area (Å²) < 4.78 is 43.4. The Hall–Kier alpha value is -0.820. The van der Waals surface area contributed by atoms with Crippen LogP contribution in [0.3, 0.4) is 0 Å². The van der Waals surface area contributed by atoms with Crippen molar-refractivity contribution in [3.8, 4) is 0 Å². The highest BCUT2D eigenvalue weighted by Crippen LogP contribution is 2.23. The van der Waals surface area contributed by atoms with Gasteiger partial charge >= 0.3 is 12.3 Å². The predicted octanol–water partition coefficient (Wildman–Crippen LogP) is 0.426. The zero-order chi connectivity index (χ0) is 10.8. The van der Waals surface area contributed by atoms with Gasteiger partial charge in [-0.05, 0) is 0 Å². The first-order chi connectivity index (χ1) is 6.42. The lowest BCUT2D eigenvalue weighted by Crippen LogP contribution is -2.31. The molecule has 0 aromatic rings. The molecule has 1 N–H and O–H groups in total. The third-order valence-electron chi connectivity index (χ3n) is 1.88. The summed E-state index contributed by atoms with van der Waals surface area (Å²) in [7, 11) is 1.18. The van der Waals surface area contributed by atoms with Crippen molar-refractivity contribution in [2.24, 2.45) is 0 Å². The Balaban J connectivity index is 2.38. The largest absolute Gasteiger partial charge is 0.522 e. The van der Waals surface area contributed by atoms with E-state index in [1.165, 1.54) is 7.11 Å². The van der Waals surface area contributed by atoms with Gasteiger partial charge in [0.15, 0.2) is 0 Å². The first-order valence-corrected chi connectivity index (χ1v) is 3.98. The smallest absolute Gasteiger partial charge is 0.468 e. The van der Waals surface area contributed by atoms with Gasteiger partial charge in [0.05, 0.1) is 13.2 Å². The summed E-state index contributed by atoms with van der Waals surface area (Å²) in [5.41, 5.74) is 0. The maximum Gasteiger partial charge on any atom is 0.522 e. The summed E-state index contributed by atoms with van der Waals surface area (Å²) in [6, 6.07) is -0.702. The molecule has 1 saturated heterocycles. The Morgan fingerprint density at radius 2 is 2.14 bits per heavy atom. The van der Waals surface area contributed by atoms with Crippen LogP contribution < -0.4 is 5.32 Å². The van der Waals surface area contributed by atoms with Crippen LogP contribution in [0.25, 0.3) is 0 Å². The molecule has 0 spiro atoms. The van der Waals surface area contributed by atoms with Crippen molar-refractivity contribution in [1.82, 2.24) is 5.32 Å². The second-order valence-electron chi connectivity index (χ2n) is 2.91. The molecule has 0 saturated carbocycles. The third-order valence-corrected chi connectivity index (χ3v) is 1.88. The second-order valence-corrected chi connectivity index (χ2v) is 2.91. The highest BCUT2D eigenvalue weighted by atomic mass is 19.4. The Kier molecular flexibility index (Phi) is 3.33. The molecule has 14 heavy (non-hydrogen) atoms. The van der Waals surface area contributed by atoms with Crippen LogP contribution >= 0.6 is 0 Å². The minimum absolute atomic E-state index is 0.000718. The average molecular weight is 213 g/mol. The van der Waals surface area contributed by atoms with Gasteiger partial charge in [0.2, 0.25) is 0 Å². The predicted molar refractivity (Wildman–Crippen MR) is 39.4 cm³/mol. The zero-order valence-corrected chi connectivity index (χ0v) is 7.43. The number of hydrogen-bond donors (Lipinski definition) is 1. The number of esters is 1. The van der Waals surface area contributed by atoms with Crippen LogP contribution in [0.1, 0.15) is 6.42 Å². The third kappa shape index (κ3) is 3.15. The summed E-state index contributed by atoms with van der Waals surface area (Å²) in [6.07, 6.45) is -5.69. The average Bonchev–Trinajstić information content (AvgIpc) is 2.48. The van der Waals surface area contributed by atoms with Crippen LogP contribution in [0.2, 0.25) is 0 Å². The number of ether oxygens (including phenoxy) is 2. The fourth-order valence-corrected chi connectivity index (χ4v) is 1.30. The molecule has 0 radical (unpaired) electrons. The molecule has 1 aliphatic heterocycles. The number of alkyl halides is 3. The van der Waals surface area contributed by atoms with Crippen LogP contribution in [-0.2, 0) is 14.3 Å². The Morgan fingerprint density at radius 1 is 1.50 bits per heavy atom. The highest BCUT2D eigenvalue weighted by molar-refractivity contribution is 5.76. The van der Waals surface area contributed by atoms with Crippen LogP contribution in [-0.4, -0.2) is 38.1 Å². The Labute approximate surface area is 78.4 Å². The molecule has 82 valence electrons. The van der Waals surface area contributed by atoms with E-state index in [2.05, 4.69) is 14.8 Å². The monoisotopic (exact) mass is 213 g/mol. The molecule has 1 rings (SSSR count). The molecule has 1 aliphatic rings. The van der Waals surface area contributed by atoms with Crippen LogP contribution in [0, 0.1) is 0 Å². The van der Waals surface area contributed by atoms with E-state index in [1.807, 2.05) is 0 Å². The molecule has 0 unspecified atom stereocenters. The van der Waals surface area contributed by atoms with Crippen molar-refractivity contribution >= 4 is 5.97 Å². The summed E-state index contributed by atoms with van der Waals surface area (Å²) in [4.78, 5) is 10.9. The summed E-state index contributed by atoms with van der Waals surface area (Å²) in [6.45, 7) is -0.000718. The topological polar surface area (TPSA) is 47.6 Å². The summed E-state index contributed by atoms with van der Waals surface area (Å²) >= 11 is 0. The van der Waals surface area contributed by atoms with Gasteiger partial charge in [-0.15, -0.1) is 13.2 Å². The van der Waals surface area contributed by atoms with E-state index in [9.17, 15) is 18.0 Å². The first-order valence-electron chi connectivity index (χ1n) is 3.98. The molecule has 0 amide bonds. The molecular weight excluding hydrogens is 203 g/mol. The van der Waals surface area contributed by atoms with Crippen LogP contribution in [0.4, 0.5) is 13.2 Å². The van der Waals surface area contributed by atoms with Crippen LogP contribution in [0.5, 0.6) is 0 Å². The van der Waals surface area contributed by atoms with Gasteiger partial charge in [-0.1, -0.05) is 0 Å². The standard InChI is InChI=1S/C7H10F3NO3/c1-13-6(12)5-2-4(3-11-5)14-7(8,9)10/h4-5,11H,2-3H2,1H3/t4-,5+/m1/s1. The number of carbonyl (C=O) groups excluding carboxylic acids is 1. The molecule has 1 heterocycles. The fourth-order valence-electron chi connectivity index (χ4n) is 1.30. The van der Waals surface area contributed by atoms with E-state index in [4.69, 9.17) is 0 Å². The minimum Gasteiger partial charge on any atom is -0.468 e. The van der Waals surface area contributed by atoms with Crippen molar-refractivity contribution in [1.29, 1.82) is 0 Å². The SMILES string of the molecule is COC(=O)[C@@H]1C[C@@H](OC(F)(F)F)CN1. The number of halogens is 3. The normalized spacial score (nSPS) is 27.7. The molecule has 0 aromatic carbocycles. The van der Waals surface area contributed by atoms with E-state index in [-0.39, 0.29) is 13.0 Å². The fraction of sp³-hybridized carbons (Fsp3) is 0.857. The number of methoxy groups -OCH3 is 1. The van der Waals surface area contributed by atoms with Crippen molar-refractivity contribution in [2.75, 3.05) is 13.7 Å². The van der Waals surface area contributed by atoms with Gasteiger partial charge in [-0.25, -0.2) is 0 Å². The van der Waals surface area contributed by atoms with Crippen LogP contribution in [0.15, 0.2) is 0 Å². The Bertz CT molecular complexity index is 219. The lowest BCUT2D eigenvalue weighted by molar-refractivity contribution is -0.340. The van der Waals surface area contributed by atoms with Gasteiger partial charge < -0.3 is 10.1 Å². The van der Waals surface area contributed by atoms with E-state index in [0.717, 1.165) is 0 Å². The molecule has 2 atom stereocenters. The zero-order valence-electron chi connectivity index (χ0n) is 7.43. The van der Waals surface area contributed by atoms with E-state index >= 15 is 0 Å². The van der Waals surface area contributed by atoms with Gasteiger partial charge in [0.1, 0.15) is 6.04 Å². The minimum atomic E-state index is -4.66. The van der Waals surface area contributed by atoms with Crippen molar-refractivity contribution in [2.45, 2.75) is 24.9 Å². The Morgan fingerprint density at radius 3 is 2.64 bits per heavy atom. The van der Waals surface area contributed by atoms with Gasteiger partial charge in [-0.3, -0.25) is 9.53 Å². The first kappa shape index (κ1) is 11.3. The quantitative estimate of drug-likeness (QED) is 0.675. The van der Waals surface area contributed by atoms with Crippen molar-refractivity contribution in [3.05, 3.63) is 0 Å². The number of rotatable bonds is 2. The van der Waals surface area contributed by atoms with Gasteiger partial charge in [0.25, 0.3) is 0 Å². The lowest BCUT2D eigenvalue weighted by Gasteiger charge is -2.12. The molecule has 1 fully saturated rings. The van der Waals surface area contributed by atoms with Crippen molar-refractivity contribution < 1.29 is 27.4 Å². The molecule has 0 bridgehead atoms. The number of hydrogen-bond acceptors (Lipinski definition) is 4. The number of nitrogens with one attached hydrogen (secondary N) is 1. The molecular formula is C7H10F3NO3. The second kappa shape index (κ2) is 4.14. The highest BCUT2D eigenvalue weighted by Gasteiger charge is 2.39. The summed E-state index contributed by atoms with van der Waals surface area (Å²) in [5, 5.41) is 2.58. The van der Waals surface area contributed by atoms with Crippen molar-refractivity contribution in [3.63, 3.8) is 0 Å². The van der Waals surface area contributed by atoms with E-state index in [0.29, 0.717) is 0 Å². The van der Waals surface area contributed by atoms with Gasteiger partial charge in [0, 0.05) is 13.0 Å². The van der Waals surface area contributed by atoms with E-state index < -0.39 is 24.5 Å². The molecule has 7 heteroatoms. The number of carbonyl (C=O) groups is 1. The lowest BCUT2D eigenvalue weighted by atomic mass is 10.2.